The molecule has 5 nitrogen and oxygen atoms in total. The molecule has 1 aliphatic rings. The summed E-state index contributed by atoms with van der Waals surface area (Å²) in [6.07, 6.45) is 0.863. The summed E-state index contributed by atoms with van der Waals surface area (Å²) >= 11 is 0. The maximum atomic E-state index is 12.5. The molecule has 5 heteroatoms. The van der Waals surface area contributed by atoms with Crippen LogP contribution in [-0.2, 0) is 17.9 Å². The summed E-state index contributed by atoms with van der Waals surface area (Å²) in [5, 5.41) is 12.3. The minimum atomic E-state index is -0.129. The molecule has 1 fully saturated rings. The van der Waals surface area contributed by atoms with Crippen molar-refractivity contribution in [1.82, 2.24) is 4.90 Å². The molecule has 24 heavy (non-hydrogen) atoms. The molecule has 0 aromatic heterocycles. The lowest BCUT2D eigenvalue weighted by Crippen LogP contribution is -2.53. The van der Waals surface area contributed by atoms with Gasteiger partial charge in [-0.2, -0.15) is 0 Å². The van der Waals surface area contributed by atoms with Crippen molar-refractivity contribution in [2.45, 2.75) is 25.6 Å². The van der Waals surface area contributed by atoms with Crippen molar-refractivity contribution in [3.8, 4) is 5.75 Å². The number of ether oxygens (including phenoxy) is 1. The van der Waals surface area contributed by atoms with E-state index >= 15 is 0 Å². The second kappa shape index (κ2) is 7.47. The van der Waals surface area contributed by atoms with Crippen LogP contribution in [0.3, 0.4) is 0 Å². The van der Waals surface area contributed by atoms with Crippen LogP contribution in [0.25, 0.3) is 0 Å². The fourth-order valence-corrected chi connectivity index (χ4v) is 2.95. The Hall–Kier alpha value is -2.37. The largest absolute Gasteiger partial charge is 0.496 e. The molecule has 0 aliphatic carbocycles. The molecular weight excluding hydrogens is 304 g/mol. The Kier molecular flexibility index (Phi) is 5.13. The first kappa shape index (κ1) is 16.5. The van der Waals surface area contributed by atoms with E-state index in [0.717, 1.165) is 19.5 Å². The van der Waals surface area contributed by atoms with Gasteiger partial charge in [-0.25, -0.2) is 0 Å². The van der Waals surface area contributed by atoms with E-state index < -0.39 is 0 Å². The molecule has 1 amide bonds. The molecule has 0 unspecified atom stereocenters. The van der Waals surface area contributed by atoms with Gasteiger partial charge in [0.25, 0.3) is 0 Å². The van der Waals surface area contributed by atoms with Gasteiger partial charge in [-0.15, -0.1) is 0 Å². The number of anilines is 1. The zero-order chi connectivity index (χ0) is 16.9. The summed E-state index contributed by atoms with van der Waals surface area (Å²) < 4.78 is 5.18. The van der Waals surface area contributed by atoms with E-state index in [1.807, 2.05) is 18.2 Å². The number of hydrogen-bond donors (Lipinski definition) is 2. The monoisotopic (exact) mass is 326 g/mol. The molecular formula is C19H22N2O3. The summed E-state index contributed by atoms with van der Waals surface area (Å²) in [6, 6.07) is 15.3. The number of rotatable bonds is 6. The average Bonchev–Trinajstić information content (AvgIpc) is 2.59. The van der Waals surface area contributed by atoms with Crippen molar-refractivity contribution >= 4 is 11.6 Å². The van der Waals surface area contributed by atoms with E-state index in [1.54, 1.807) is 25.3 Å². The first-order chi connectivity index (χ1) is 11.7. The van der Waals surface area contributed by atoms with E-state index in [-0.39, 0.29) is 18.6 Å². The number of likely N-dealkylation sites (tertiary alicyclic amines) is 1. The van der Waals surface area contributed by atoms with Gasteiger partial charge in [-0.3, -0.25) is 9.69 Å². The maximum Gasteiger partial charge on any atom is 0.241 e. The molecule has 0 radical (unpaired) electrons. The number of amides is 1. The van der Waals surface area contributed by atoms with Crippen LogP contribution in [0.2, 0.25) is 0 Å². The van der Waals surface area contributed by atoms with Crippen molar-refractivity contribution < 1.29 is 14.6 Å². The third-order valence-corrected chi connectivity index (χ3v) is 4.38. The number of aliphatic hydroxyl groups excluding tert-OH is 1. The number of nitrogens with zero attached hydrogens (tertiary/aromatic N) is 1. The van der Waals surface area contributed by atoms with E-state index in [9.17, 15) is 9.90 Å². The van der Waals surface area contributed by atoms with Gasteiger partial charge in [0.2, 0.25) is 5.91 Å². The lowest BCUT2D eigenvalue weighted by Gasteiger charge is -2.39. The first-order valence-electron chi connectivity index (χ1n) is 8.08. The standard InChI is InChI=1S/C19H22N2O3/c1-24-18-8-7-16(11-15(18)13-22)20-19(23)17-9-10-21(17)12-14-5-3-2-4-6-14/h2-8,11,17,22H,9-10,12-13H2,1H3,(H,20,23)/t17-/m0/s1. The van der Waals surface area contributed by atoms with Crippen LogP contribution in [0, 0.1) is 0 Å². The van der Waals surface area contributed by atoms with Gasteiger partial charge in [0.1, 0.15) is 5.75 Å². The molecule has 0 saturated carbocycles. The molecule has 2 aromatic rings. The number of methoxy groups -OCH3 is 1. The molecule has 1 saturated heterocycles. The summed E-state index contributed by atoms with van der Waals surface area (Å²) in [4.78, 5) is 14.7. The Morgan fingerprint density at radius 2 is 2.08 bits per heavy atom. The summed E-state index contributed by atoms with van der Waals surface area (Å²) in [7, 11) is 1.56. The number of carbonyl (C=O) groups excluding carboxylic acids is 1. The highest BCUT2D eigenvalue weighted by atomic mass is 16.5. The topological polar surface area (TPSA) is 61.8 Å². The molecule has 2 aromatic carbocycles. The highest BCUT2D eigenvalue weighted by molar-refractivity contribution is 5.95. The van der Waals surface area contributed by atoms with Gasteiger partial charge in [-0.05, 0) is 30.2 Å². The third kappa shape index (κ3) is 3.58. The lowest BCUT2D eigenvalue weighted by atomic mass is 10.0. The van der Waals surface area contributed by atoms with Crippen molar-refractivity contribution in [2.75, 3.05) is 19.0 Å². The molecule has 1 aliphatic heterocycles. The number of benzene rings is 2. The van der Waals surface area contributed by atoms with Crippen LogP contribution < -0.4 is 10.1 Å². The lowest BCUT2D eigenvalue weighted by molar-refractivity contribution is -0.125. The van der Waals surface area contributed by atoms with Gasteiger partial charge >= 0.3 is 0 Å². The molecule has 3 rings (SSSR count). The van der Waals surface area contributed by atoms with Gasteiger partial charge in [0, 0.05) is 24.3 Å². The van der Waals surface area contributed by atoms with E-state index in [4.69, 9.17) is 4.74 Å². The van der Waals surface area contributed by atoms with Gasteiger partial charge in [-0.1, -0.05) is 30.3 Å². The molecule has 0 bridgehead atoms. The number of nitrogens with one attached hydrogen (secondary N) is 1. The molecule has 1 heterocycles. The molecule has 0 spiro atoms. The predicted octanol–water partition coefficient (Wildman–Crippen LogP) is 2.40. The Bertz CT molecular complexity index is 703. The maximum absolute atomic E-state index is 12.5. The zero-order valence-corrected chi connectivity index (χ0v) is 13.7. The van der Waals surface area contributed by atoms with E-state index in [2.05, 4.69) is 22.3 Å². The highest BCUT2D eigenvalue weighted by Crippen LogP contribution is 2.25. The second-order valence-corrected chi connectivity index (χ2v) is 5.93. The Morgan fingerprint density at radius 3 is 2.71 bits per heavy atom. The van der Waals surface area contributed by atoms with E-state index in [0.29, 0.717) is 17.0 Å². The smallest absolute Gasteiger partial charge is 0.241 e. The Morgan fingerprint density at radius 1 is 1.29 bits per heavy atom. The normalized spacial score (nSPS) is 17.2. The average molecular weight is 326 g/mol. The minimum absolute atomic E-state index is 0.00811. The molecule has 126 valence electrons. The highest BCUT2D eigenvalue weighted by Gasteiger charge is 2.33. The van der Waals surface area contributed by atoms with Crippen LogP contribution in [-0.4, -0.2) is 35.6 Å². The molecule has 2 N–H and O–H groups in total. The van der Waals surface area contributed by atoms with E-state index in [1.165, 1.54) is 5.56 Å². The van der Waals surface area contributed by atoms with Crippen LogP contribution in [0.5, 0.6) is 5.75 Å². The Balaban J connectivity index is 1.62. The first-order valence-corrected chi connectivity index (χ1v) is 8.08. The second-order valence-electron chi connectivity index (χ2n) is 5.93. The zero-order valence-electron chi connectivity index (χ0n) is 13.7. The Labute approximate surface area is 141 Å². The number of aliphatic hydroxyl groups is 1. The van der Waals surface area contributed by atoms with Crippen LogP contribution in [0.15, 0.2) is 48.5 Å². The SMILES string of the molecule is COc1ccc(NC(=O)[C@@H]2CCN2Cc2ccccc2)cc1CO. The van der Waals surface area contributed by atoms with Gasteiger partial charge < -0.3 is 15.2 Å². The number of hydrogen-bond acceptors (Lipinski definition) is 4. The predicted molar refractivity (Wildman–Crippen MR) is 92.8 cm³/mol. The quantitative estimate of drug-likeness (QED) is 0.856. The summed E-state index contributed by atoms with van der Waals surface area (Å²) in [6.45, 7) is 1.58. The van der Waals surface area contributed by atoms with Crippen molar-refractivity contribution in [1.29, 1.82) is 0 Å². The van der Waals surface area contributed by atoms with Crippen molar-refractivity contribution in [3.63, 3.8) is 0 Å². The molecule has 1 atom stereocenters. The summed E-state index contributed by atoms with van der Waals surface area (Å²) in [5.74, 6) is 0.607. The van der Waals surface area contributed by atoms with Crippen LogP contribution in [0.1, 0.15) is 17.5 Å². The summed E-state index contributed by atoms with van der Waals surface area (Å²) in [5.41, 5.74) is 2.54. The van der Waals surface area contributed by atoms with Crippen LogP contribution >= 0.6 is 0 Å². The number of carbonyl (C=O) groups is 1. The van der Waals surface area contributed by atoms with Crippen molar-refractivity contribution in [2.24, 2.45) is 0 Å². The fourth-order valence-electron chi connectivity index (χ4n) is 2.95. The fraction of sp³-hybridized carbons (Fsp3) is 0.316. The third-order valence-electron chi connectivity index (χ3n) is 4.38. The van der Waals surface area contributed by atoms with Crippen LogP contribution in [0.4, 0.5) is 5.69 Å². The van der Waals surface area contributed by atoms with Gasteiger partial charge in [0.05, 0.1) is 19.8 Å². The van der Waals surface area contributed by atoms with Crippen molar-refractivity contribution in [3.05, 3.63) is 59.7 Å². The minimum Gasteiger partial charge on any atom is -0.496 e. The van der Waals surface area contributed by atoms with Gasteiger partial charge in [0.15, 0.2) is 0 Å².